The van der Waals surface area contributed by atoms with Crippen molar-refractivity contribution in [3.63, 3.8) is 0 Å². The predicted molar refractivity (Wildman–Crippen MR) is 94.4 cm³/mol. The van der Waals surface area contributed by atoms with Crippen LogP contribution in [0.25, 0.3) is 0 Å². The Balaban J connectivity index is 2.75. The molecule has 0 aromatic rings. The summed E-state index contributed by atoms with van der Waals surface area (Å²) in [4.78, 5) is 0. The second-order valence-electron chi connectivity index (χ2n) is 8.26. The maximum absolute atomic E-state index is 10.2. The van der Waals surface area contributed by atoms with E-state index in [-0.39, 0.29) is 12.7 Å². The standard InChI is InChI=1S/C16H33N2O6P/c1-10(2)21-13-11(22-14(18-17)12(13)19)9-20-25(23-15(3,4)5)24-16(6,7)8/h10-14,17,19H,9H2,1-8H3/t11-,12+,13?,14-/m1/s1. The summed E-state index contributed by atoms with van der Waals surface area (Å²) in [6, 6.07) is 0. The van der Waals surface area contributed by atoms with E-state index in [1.807, 2.05) is 55.4 Å². The van der Waals surface area contributed by atoms with Crippen LogP contribution in [0.4, 0.5) is 0 Å². The highest BCUT2D eigenvalue weighted by Gasteiger charge is 2.46. The number of ether oxygens (including phenoxy) is 2. The maximum Gasteiger partial charge on any atom is 0.333 e. The topological polar surface area (TPSA) is 103 Å². The monoisotopic (exact) mass is 380 g/mol. The maximum atomic E-state index is 10.2. The molecule has 1 aliphatic rings. The van der Waals surface area contributed by atoms with Gasteiger partial charge in [-0.25, -0.2) is 5.53 Å². The fourth-order valence-electron chi connectivity index (χ4n) is 2.10. The van der Waals surface area contributed by atoms with Gasteiger partial charge in [0.25, 0.3) is 0 Å². The van der Waals surface area contributed by atoms with Crippen molar-refractivity contribution < 1.29 is 28.2 Å². The zero-order chi connectivity index (χ0) is 19.4. The molecule has 0 radical (unpaired) electrons. The Hall–Kier alpha value is -0.210. The first-order valence-corrected chi connectivity index (χ1v) is 9.59. The van der Waals surface area contributed by atoms with E-state index in [2.05, 4.69) is 5.11 Å². The Morgan fingerprint density at radius 2 is 1.64 bits per heavy atom. The summed E-state index contributed by atoms with van der Waals surface area (Å²) in [5.74, 6) is 0. The van der Waals surface area contributed by atoms with E-state index in [9.17, 15) is 5.11 Å². The molecule has 0 aliphatic carbocycles. The molecular formula is C16H33N2O6P. The fourth-order valence-corrected chi connectivity index (χ4v) is 3.40. The molecule has 1 fully saturated rings. The van der Waals surface area contributed by atoms with Crippen LogP contribution < -0.4 is 0 Å². The van der Waals surface area contributed by atoms with Gasteiger partial charge in [-0.3, -0.25) is 0 Å². The highest BCUT2D eigenvalue weighted by Crippen LogP contribution is 2.47. The average molecular weight is 380 g/mol. The summed E-state index contributed by atoms with van der Waals surface area (Å²) < 4.78 is 28.9. The lowest BCUT2D eigenvalue weighted by atomic mass is 10.1. The molecule has 0 bridgehead atoms. The quantitative estimate of drug-likeness (QED) is 0.491. The van der Waals surface area contributed by atoms with Gasteiger partial charge in [-0.15, -0.1) is 0 Å². The van der Waals surface area contributed by atoms with Crippen molar-refractivity contribution >= 4 is 8.60 Å². The first-order valence-electron chi connectivity index (χ1n) is 8.49. The highest BCUT2D eigenvalue weighted by atomic mass is 31.2. The Bertz CT molecular complexity index is 408. The van der Waals surface area contributed by atoms with Crippen LogP contribution in [0.1, 0.15) is 55.4 Å². The fraction of sp³-hybridized carbons (Fsp3) is 1.00. The minimum Gasteiger partial charge on any atom is -0.385 e. The zero-order valence-electron chi connectivity index (χ0n) is 16.5. The lowest BCUT2D eigenvalue weighted by Crippen LogP contribution is -2.38. The van der Waals surface area contributed by atoms with Crippen LogP contribution >= 0.6 is 8.60 Å². The van der Waals surface area contributed by atoms with E-state index in [4.69, 9.17) is 28.6 Å². The normalized spacial score (nSPS) is 28.1. The number of rotatable bonds is 8. The van der Waals surface area contributed by atoms with Crippen LogP contribution in [0.3, 0.4) is 0 Å². The summed E-state index contributed by atoms with van der Waals surface area (Å²) >= 11 is 0. The van der Waals surface area contributed by atoms with Gasteiger partial charge in [0.2, 0.25) is 0 Å². The van der Waals surface area contributed by atoms with Crippen LogP contribution in [-0.2, 0) is 23.0 Å². The van der Waals surface area contributed by atoms with Crippen LogP contribution in [0.15, 0.2) is 5.11 Å². The van der Waals surface area contributed by atoms with Gasteiger partial charge in [-0.2, -0.15) is 5.11 Å². The molecule has 1 rings (SSSR count). The predicted octanol–water partition coefficient (Wildman–Crippen LogP) is 3.77. The number of nitrogens with zero attached hydrogens (tertiary/aromatic N) is 1. The third-order valence-electron chi connectivity index (χ3n) is 2.91. The van der Waals surface area contributed by atoms with Crippen LogP contribution in [0.5, 0.6) is 0 Å². The number of nitrogens with one attached hydrogen (secondary N) is 1. The Morgan fingerprint density at radius 3 is 2.04 bits per heavy atom. The van der Waals surface area contributed by atoms with E-state index >= 15 is 0 Å². The van der Waals surface area contributed by atoms with Gasteiger partial charge in [-0.05, 0) is 55.4 Å². The van der Waals surface area contributed by atoms with E-state index in [0.717, 1.165) is 0 Å². The minimum atomic E-state index is -1.62. The third kappa shape index (κ3) is 8.35. The van der Waals surface area contributed by atoms with Gasteiger partial charge in [0.1, 0.15) is 18.3 Å². The minimum absolute atomic E-state index is 0.103. The van der Waals surface area contributed by atoms with Gasteiger partial charge in [0.15, 0.2) is 6.23 Å². The summed E-state index contributed by atoms with van der Waals surface area (Å²) in [5.41, 5.74) is 6.28. The molecular weight excluding hydrogens is 347 g/mol. The van der Waals surface area contributed by atoms with Crippen molar-refractivity contribution in [1.29, 1.82) is 5.53 Å². The summed E-state index contributed by atoms with van der Waals surface area (Å²) in [7, 11) is -1.62. The molecule has 1 heterocycles. The molecule has 1 unspecified atom stereocenters. The Labute approximate surface area is 152 Å². The Morgan fingerprint density at radius 1 is 1.12 bits per heavy atom. The van der Waals surface area contributed by atoms with Gasteiger partial charge < -0.3 is 28.2 Å². The molecule has 148 valence electrons. The molecule has 25 heavy (non-hydrogen) atoms. The van der Waals surface area contributed by atoms with Crippen LogP contribution in [-0.4, -0.2) is 53.6 Å². The first-order chi connectivity index (χ1) is 11.3. The number of aliphatic hydroxyl groups excluding tert-OH is 1. The number of hydrogen-bond donors (Lipinski definition) is 2. The number of aliphatic hydroxyl groups is 1. The molecule has 1 saturated heterocycles. The molecule has 0 aromatic heterocycles. The van der Waals surface area contributed by atoms with Gasteiger partial charge in [0.05, 0.1) is 23.9 Å². The third-order valence-corrected chi connectivity index (χ3v) is 4.66. The van der Waals surface area contributed by atoms with Crippen LogP contribution in [0, 0.1) is 5.53 Å². The molecule has 8 nitrogen and oxygen atoms in total. The van der Waals surface area contributed by atoms with Crippen LogP contribution in [0.2, 0.25) is 0 Å². The lowest BCUT2D eigenvalue weighted by molar-refractivity contribution is -0.0790. The summed E-state index contributed by atoms with van der Waals surface area (Å²) in [6.07, 6.45) is -3.25. The molecule has 2 N–H and O–H groups in total. The van der Waals surface area contributed by atoms with Crippen molar-refractivity contribution in [3.05, 3.63) is 0 Å². The first kappa shape index (κ1) is 22.8. The second kappa shape index (κ2) is 9.13. The molecule has 0 aromatic carbocycles. The van der Waals surface area contributed by atoms with Crippen molar-refractivity contribution in [2.45, 2.75) is 97.2 Å². The van der Waals surface area contributed by atoms with Gasteiger partial charge >= 0.3 is 8.60 Å². The summed E-state index contributed by atoms with van der Waals surface area (Å²) in [6.45, 7) is 15.4. The van der Waals surface area contributed by atoms with Crippen molar-refractivity contribution in [3.8, 4) is 0 Å². The second-order valence-corrected chi connectivity index (χ2v) is 9.33. The number of hydrogen-bond acceptors (Lipinski definition) is 8. The van der Waals surface area contributed by atoms with E-state index in [0.29, 0.717) is 0 Å². The molecule has 9 heteroatoms. The van der Waals surface area contributed by atoms with E-state index in [1.165, 1.54) is 0 Å². The van der Waals surface area contributed by atoms with E-state index < -0.39 is 44.3 Å². The molecule has 4 atom stereocenters. The average Bonchev–Trinajstić information content (AvgIpc) is 2.69. The van der Waals surface area contributed by atoms with Gasteiger partial charge in [-0.1, -0.05) is 0 Å². The molecule has 0 saturated carbocycles. The van der Waals surface area contributed by atoms with E-state index in [1.54, 1.807) is 0 Å². The van der Waals surface area contributed by atoms with Crippen molar-refractivity contribution in [1.82, 2.24) is 0 Å². The molecule has 1 aliphatic heterocycles. The Kier molecular flexibility index (Phi) is 8.34. The zero-order valence-corrected chi connectivity index (χ0v) is 17.4. The summed E-state index contributed by atoms with van der Waals surface area (Å²) in [5, 5.41) is 13.5. The molecule has 0 spiro atoms. The smallest absolute Gasteiger partial charge is 0.333 e. The van der Waals surface area contributed by atoms with Crippen molar-refractivity contribution in [2.24, 2.45) is 5.11 Å². The molecule has 0 amide bonds. The largest absolute Gasteiger partial charge is 0.385 e. The highest BCUT2D eigenvalue weighted by molar-refractivity contribution is 7.41. The lowest BCUT2D eigenvalue weighted by Gasteiger charge is -2.31. The van der Waals surface area contributed by atoms with Gasteiger partial charge in [0, 0.05) is 0 Å². The SMILES string of the molecule is CC(C)OC1[C@@H](COP(OC(C)(C)C)OC(C)(C)C)O[C@@H](N=N)[C@H]1O. The van der Waals surface area contributed by atoms with Crippen molar-refractivity contribution in [2.75, 3.05) is 6.61 Å².